The summed E-state index contributed by atoms with van der Waals surface area (Å²) in [5.41, 5.74) is 7.34. The van der Waals surface area contributed by atoms with Crippen LogP contribution in [0.2, 0.25) is 0 Å². The highest BCUT2D eigenvalue weighted by Crippen LogP contribution is 2.51. The molecular formula is C61H44N2O. The van der Waals surface area contributed by atoms with E-state index in [0.29, 0.717) is 11.4 Å². The van der Waals surface area contributed by atoms with E-state index in [4.69, 9.17) is 12.3 Å². The van der Waals surface area contributed by atoms with Crippen molar-refractivity contribution in [2.75, 3.05) is 4.90 Å². The molecule has 11 aromatic rings. The average molecular weight is 834 g/mol. The van der Waals surface area contributed by atoms with Gasteiger partial charge in [0.15, 0.2) is 0 Å². The summed E-state index contributed by atoms with van der Waals surface area (Å²) in [5.74, 6) is -0.938. The maximum Gasteiger partial charge on any atom is 0.131 e. The monoisotopic (exact) mass is 833 g/mol. The van der Waals surface area contributed by atoms with Gasteiger partial charge in [0, 0.05) is 49.9 Å². The Kier molecular flexibility index (Phi) is 6.08. The van der Waals surface area contributed by atoms with Gasteiger partial charge >= 0.3 is 0 Å². The average Bonchev–Trinajstić information content (AvgIpc) is 4.01. The van der Waals surface area contributed by atoms with Crippen LogP contribution in [0.15, 0.2) is 224 Å². The minimum absolute atomic E-state index is 0.152. The van der Waals surface area contributed by atoms with Crippen molar-refractivity contribution < 1.29 is 22.9 Å². The second-order valence-electron chi connectivity index (χ2n) is 16.5. The zero-order valence-electron chi connectivity index (χ0n) is 47.7. The zero-order valence-corrected chi connectivity index (χ0v) is 34.7. The van der Waals surface area contributed by atoms with E-state index in [9.17, 15) is 10.6 Å². The Morgan fingerprint density at radius 3 is 1.78 bits per heavy atom. The van der Waals surface area contributed by atoms with Gasteiger partial charge in [0.2, 0.25) is 0 Å². The summed E-state index contributed by atoms with van der Waals surface area (Å²) in [7, 11) is 0. The number of nitrogens with zero attached hydrogens (tertiary/aromatic N) is 2. The number of aromatic nitrogens is 1. The Labute approximate surface area is 391 Å². The quantitative estimate of drug-likeness (QED) is 0.173. The molecule has 1 aliphatic rings. The largest absolute Gasteiger partial charge is 0.507 e. The fourth-order valence-electron chi connectivity index (χ4n) is 9.42. The summed E-state index contributed by atoms with van der Waals surface area (Å²) in [6, 6.07) is 39.1. The molecule has 10 aromatic carbocycles. The fourth-order valence-corrected chi connectivity index (χ4v) is 9.42. The molecule has 12 rings (SSSR count). The van der Waals surface area contributed by atoms with Crippen LogP contribution in [0.1, 0.15) is 42.8 Å². The summed E-state index contributed by atoms with van der Waals surface area (Å²) < 4.78 is 119. The van der Waals surface area contributed by atoms with Gasteiger partial charge in [-0.25, -0.2) is 0 Å². The van der Waals surface area contributed by atoms with E-state index < -0.39 is 106 Å². The molecule has 1 aromatic heterocycles. The molecule has 0 aliphatic heterocycles. The molecule has 0 unspecified atom stereocenters. The number of phenolic OH excluding ortho intramolecular Hbond substituents is 1. The van der Waals surface area contributed by atoms with E-state index in [1.165, 1.54) is 0 Å². The van der Waals surface area contributed by atoms with Crippen molar-refractivity contribution in [3.05, 3.63) is 235 Å². The number of rotatable bonds is 7. The lowest BCUT2D eigenvalue weighted by molar-refractivity contribution is 0.479. The maximum atomic E-state index is 12.3. The van der Waals surface area contributed by atoms with Crippen molar-refractivity contribution >= 4 is 49.6 Å². The number of aromatic hydroxyl groups is 1. The molecule has 3 nitrogen and oxygen atoms in total. The highest BCUT2D eigenvalue weighted by molar-refractivity contribution is 6.09. The molecule has 0 atom stereocenters. The molecule has 304 valence electrons. The summed E-state index contributed by atoms with van der Waals surface area (Å²) in [4.78, 5) is 1.67. The fraction of sp³-hybridized carbons (Fsp3) is 0.0492. The highest BCUT2D eigenvalue weighted by atomic mass is 16.3. The van der Waals surface area contributed by atoms with Gasteiger partial charge in [-0.05, 0) is 110 Å². The first-order chi connectivity index (χ1) is 36.8. The predicted octanol–water partition coefficient (Wildman–Crippen LogP) is 16.4. The molecule has 0 saturated carbocycles. The van der Waals surface area contributed by atoms with Gasteiger partial charge < -0.3 is 14.6 Å². The minimum atomic E-state index is -0.938. The first kappa shape index (κ1) is 26.4. The molecule has 1 aliphatic carbocycles. The number of phenols is 1. The molecule has 0 spiro atoms. The van der Waals surface area contributed by atoms with Crippen LogP contribution in [-0.4, -0.2) is 9.67 Å². The lowest BCUT2D eigenvalue weighted by atomic mass is 9.82. The SMILES string of the molecule is [2H]c1c([2H])c(-c2cc3c([2H])c([2H])c([2H])c([2H])c3c([2H])c2[2H])c(O)c(-c2c([2H])c([2H])c(N(c3ccc(-c4ccccc4-n4c5ccccc5c5ccccc54)cc3)c3ccc4c(c3)C(C)(C)c3ccccc3-4)c([2H])c2[2H])c1[2H]. The summed E-state index contributed by atoms with van der Waals surface area (Å²) in [5, 5.41) is 14.0. The third-order valence-corrected chi connectivity index (χ3v) is 12.5. The first-order valence-corrected chi connectivity index (χ1v) is 21.0. The first-order valence-electron chi connectivity index (χ1n) is 27.5. The van der Waals surface area contributed by atoms with E-state index in [1.54, 1.807) is 4.90 Å². The van der Waals surface area contributed by atoms with Crippen LogP contribution in [-0.2, 0) is 5.41 Å². The molecule has 0 saturated heterocycles. The third-order valence-electron chi connectivity index (χ3n) is 12.5. The van der Waals surface area contributed by atoms with Crippen LogP contribution < -0.4 is 4.90 Å². The van der Waals surface area contributed by atoms with E-state index in [1.807, 2.05) is 91.0 Å². The van der Waals surface area contributed by atoms with Gasteiger partial charge in [-0.2, -0.15) is 0 Å². The van der Waals surface area contributed by atoms with Gasteiger partial charge in [-0.15, -0.1) is 0 Å². The molecule has 0 radical (unpaired) electrons. The topological polar surface area (TPSA) is 28.4 Å². The van der Waals surface area contributed by atoms with Crippen LogP contribution in [0.5, 0.6) is 5.75 Å². The van der Waals surface area contributed by atoms with Gasteiger partial charge in [0.1, 0.15) is 5.75 Å². The number of hydrogen-bond acceptors (Lipinski definition) is 2. The lowest BCUT2D eigenvalue weighted by Gasteiger charge is -2.28. The van der Waals surface area contributed by atoms with Crippen LogP contribution in [0.4, 0.5) is 17.1 Å². The number of benzene rings is 10. The van der Waals surface area contributed by atoms with Crippen molar-refractivity contribution in [2.45, 2.75) is 19.3 Å². The molecule has 1 heterocycles. The minimum Gasteiger partial charge on any atom is -0.507 e. The molecular weight excluding hydrogens is 777 g/mol. The molecule has 1 N–H and O–H groups in total. The summed E-state index contributed by atoms with van der Waals surface area (Å²) in [6.07, 6.45) is 0. The van der Waals surface area contributed by atoms with Crippen LogP contribution in [0.3, 0.4) is 0 Å². The zero-order chi connectivity index (χ0) is 54.3. The van der Waals surface area contributed by atoms with E-state index in [-0.39, 0.29) is 22.0 Å². The van der Waals surface area contributed by atoms with Gasteiger partial charge in [-0.1, -0.05) is 177 Å². The molecule has 0 bridgehead atoms. The van der Waals surface area contributed by atoms with Crippen LogP contribution in [0, 0.1) is 0 Å². The van der Waals surface area contributed by atoms with Crippen molar-refractivity contribution in [2.24, 2.45) is 0 Å². The van der Waals surface area contributed by atoms with E-state index in [0.717, 1.165) is 66.9 Å². The van der Waals surface area contributed by atoms with Gasteiger partial charge in [0.05, 0.1) is 34.5 Å². The number of anilines is 3. The Bertz CT molecular complexity index is 4300. The Balaban J connectivity index is 1.05. The third kappa shape index (κ3) is 5.96. The predicted molar refractivity (Wildman–Crippen MR) is 269 cm³/mol. The normalized spacial score (nSPS) is 15.6. The van der Waals surface area contributed by atoms with Crippen molar-refractivity contribution in [1.29, 1.82) is 0 Å². The standard InChI is InChI=1S/C61H44N2O/c1-61(2)55-22-9-5-17-51(55)52-37-36-47(39-56(52)61)62(46-34-30-42(31-35-46)49-20-13-21-50(60(49)64)44-27-26-40-14-3-4-15-43(40)38-44)45-32-28-41(29-33-45)48-16-6-10-23-57(48)63-58-24-11-7-18-53(58)54-19-8-12-25-59(54)63/h3-39,64H,1-2H3/i3D,4D,13D,14D,15D,20D,21D,26D,27D,30D,31D,34D,35D. The molecule has 0 fully saturated rings. The highest BCUT2D eigenvalue weighted by Gasteiger charge is 2.35. The van der Waals surface area contributed by atoms with Crippen molar-refractivity contribution in [3.8, 4) is 55.9 Å². The number of para-hydroxylation sites is 4. The van der Waals surface area contributed by atoms with Crippen molar-refractivity contribution in [1.82, 2.24) is 4.57 Å². The van der Waals surface area contributed by atoms with Gasteiger partial charge in [0.25, 0.3) is 0 Å². The second kappa shape index (κ2) is 14.8. The van der Waals surface area contributed by atoms with E-state index in [2.05, 4.69) is 66.9 Å². The van der Waals surface area contributed by atoms with Crippen LogP contribution >= 0.6 is 0 Å². The van der Waals surface area contributed by atoms with Gasteiger partial charge in [-0.3, -0.25) is 0 Å². The maximum absolute atomic E-state index is 12.3. The molecule has 0 amide bonds. The van der Waals surface area contributed by atoms with E-state index >= 15 is 0 Å². The summed E-state index contributed by atoms with van der Waals surface area (Å²) >= 11 is 0. The smallest absolute Gasteiger partial charge is 0.131 e. The Morgan fingerprint density at radius 1 is 0.438 bits per heavy atom. The van der Waals surface area contributed by atoms with Crippen molar-refractivity contribution in [3.63, 3.8) is 0 Å². The number of fused-ring (bicyclic) bond motifs is 7. The van der Waals surface area contributed by atoms with Crippen LogP contribution in [0.25, 0.3) is 82.8 Å². The Morgan fingerprint density at radius 2 is 1.03 bits per heavy atom. The Hall–Kier alpha value is -8.14. The number of hydrogen-bond donors (Lipinski definition) is 1. The molecule has 64 heavy (non-hydrogen) atoms. The second-order valence-corrected chi connectivity index (χ2v) is 16.5. The summed E-state index contributed by atoms with van der Waals surface area (Å²) in [6.45, 7) is 4.26. The molecule has 3 heteroatoms. The lowest BCUT2D eigenvalue weighted by Crippen LogP contribution is -2.16.